The van der Waals surface area contributed by atoms with E-state index in [4.69, 9.17) is 1.37 Å². The third-order valence-electron chi connectivity index (χ3n) is 0.984. The monoisotopic (exact) mass is 186 g/mol. The van der Waals surface area contributed by atoms with E-state index < -0.39 is 6.26 Å². The predicted octanol–water partition coefficient (Wildman–Crippen LogP) is 2.26. The van der Waals surface area contributed by atoms with Crippen molar-refractivity contribution in [3.63, 3.8) is 0 Å². The Balaban J connectivity index is 3.15. The minimum absolute atomic E-state index is 0.405. The molecule has 0 aliphatic rings. The SMILES string of the molecule is [3H]C(=O)c1ccccc1Br. The molecule has 0 N–H and O–H groups in total. The van der Waals surface area contributed by atoms with Crippen LogP contribution in [0.3, 0.4) is 0 Å². The van der Waals surface area contributed by atoms with Gasteiger partial charge in [0.15, 0.2) is 6.26 Å². The van der Waals surface area contributed by atoms with Crippen LogP contribution in [0.4, 0.5) is 0 Å². The molecule has 0 bridgehead atoms. The van der Waals surface area contributed by atoms with E-state index in [9.17, 15) is 4.79 Å². The summed E-state index contributed by atoms with van der Waals surface area (Å²) in [5.41, 5.74) is 0.405. The number of benzene rings is 1. The summed E-state index contributed by atoms with van der Waals surface area (Å²) in [6.45, 7) is 0. The van der Waals surface area contributed by atoms with Crippen molar-refractivity contribution in [3.05, 3.63) is 34.3 Å². The molecule has 46 valence electrons. The van der Waals surface area contributed by atoms with Gasteiger partial charge in [-0.1, -0.05) is 34.1 Å². The van der Waals surface area contributed by atoms with Gasteiger partial charge < -0.3 is 0 Å². The summed E-state index contributed by atoms with van der Waals surface area (Å²) < 4.78 is 7.47. The number of hydrogen-bond donors (Lipinski definition) is 0. The molecule has 0 aliphatic carbocycles. The van der Waals surface area contributed by atoms with Gasteiger partial charge in [-0.3, -0.25) is 4.79 Å². The highest BCUT2D eigenvalue weighted by molar-refractivity contribution is 9.10. The first-order valence-electron chi connectivity index (χ1n) is 2.97. The van der Waals surface area contributed by atoms with Gasteiger partial charge in [0.25, 0.3) is 0 Å². The first-order chi connectivity index (χ1) is 4.72. The van der Waals surface area contributed by atoms with Gasteiger partial charge in [0.05, 0.1) is 0 Å². The molecule has 0 unspecified atom stereocenters. The van der Waals surface area contributed by atoms with Crippen molar-refractivity contribution in [2.24, 2.45) is 0 Å². The van der Waals surface area contributed by atoms with Gasteiger partial charge in [-0.2, -0.15) is 0 Å². The molecule has 0 saturated heterocycles. The van der Waals surface area contributed by atoms with E-state index in [0.29, 0.717) is 10.0 Å². The quantitative estimate of drug-likeness (QED) is 0.616. The maximum absolute atomic E-state index is 10.5. The van der Waals surface area contributed by atoms with E-state index in [1.807, 2.05) is 0 Å². The molecule has 0 spiro atoms. The molecular weight excluding hydrogens is 180 g/mol. The van der Waals surface area contributed by atoms with Crippen LogP contribution >= 0.6 is 15.9 Å². The van der Waals surface area contributed by atoms with Crippen molar-refractivity contribution in [1.29, 1.82) is 0 Å². The normalized spacial score (nSPS) is 10.6. The maximum Gasteiger partial charge on any atom is 0.151 e. The van der Waals surface area contributed by atoms with Crippen molar-refractivity contribution in [3.8, 4) is 0 Å². The van der Waals surface area contributed by atoms with E-state index in [-0.39, 0.29) is 0 Å². The fraction of sp³-hybridized carbons (Fsp3) is 0. The second-order valence-corrected chi connectivity index (χ2v) is 2.44. The fourth-order valence-electron chi connectivity index (χ4n) is 0.544. The molecule has 0 aliphatic heterocycles. The molecule has 1 aromatic rings. The van der Waals surface area contributed by atoms with Gasteiger partial charge in [0.1, 0.15) is 1.37 Å². The van der Waals surface area contributed by atoms with E-state index >= 15 is 0 Å². The lowest BCUT2D eigenvalue weighted by atomic mass is 10.2. The third-order valence-corrected chi connectivity index (χ3v) is 1.68. The van der Waals surface area contributed by atoms with Gasteiger partial charge in [-0.05, 0) is 6.07 Å². The van der Waals surface area contributed by atoms with Crippen LogP contribution in [0, 0.1) is 0 Å². The Morgan fingerprint density at radius 3 is 2.67 bits per heavy atom. The van der Waals surface area contributed by atoms with Crippen LogP contribution in [0.2, 0.25) is 0 Å². The highest BCUT2D eigenvalue weighted by atomic mass is 79.9. The molecule has 0 heterocycles. The third kappa shape index (κ3) is 1.39. The standard InChI is InChI=1S/C7H5BrO/c8-7-4-2-1-3-6(7)5-9/h1-5H/i5T. The van der Waals surface area contributed by atoms with Crippen molar-refractivity contribution < 1.29 is 6.17 Å². The lowest BCUT2D eigenvalue weighted by molar-refractivity contribution is 0.112. The Labute approximate surface area is 63.2 Å². The molecule has 0 saturated carbocycles. The summed E-state index contributed by atoms with van der Waals surface area (Å²) in [6, 6.07) is 6.88. The first kappa shape index (κ1) is 5.18. The maximum atomic E-state index is 10.5. The molecule has 1 rings (SSSR count). The molecule has 0 fully saturated rings. The molecule has 0 atom stereocenters. The summed E-state index contributed by atoms with van der Waals surface area (Å²) in [5.74, 6) is 0. The number of hydrogen-bond acceptors (Lipinski definition) is 1. The topological polar surface area (TPSA) is 17.1 Å². The Kier molecular flexibility index (Phi) is 1.60. The van der Waals surface area contributed by atoms with E-state index in [2.05, 4.69) is 15.9 Å². The zero-order valence-electron chi connectivity index (χ0n) is 5.60. The van der Waals surface area contributed by atoms with Crippen LogP contribution in [0.1, 0.15) is 11.7 Å². The van der Waals surface area contributed by atoms with E-state index in [0.717, 1.165) is 0 Å². The number of carbonyl (C=O) groups is 1. The van der Waals surface area contributed by atoms with Crippen LogP contribution in [0.25, 0.3) is 0 Å². The summed E-state index contributed by atoms with van der Waals surface area (Å²) >= 11 is 3.16. The fourth-order valence-corrected chi connectivity index (χ4v) is 0.910. The van der Waals surface area contributed by atoms with Crippen molar-refractivity contribution in [2.45, 2.75) is 0 Å². The Morgan fingerprint density at radius 1 is 1.56 bits per heavy atom. The average Bonchev–Trinajstić information content (AvgIpc) is 1.88. The molecule has 0 aromatic heterocycles. The molecule has 0 amide bonds. The number of rotatable bonds is 1. The zero-order valence-corrected chi connectivity index (χ0v) is 6.18. The second-order valence-electron chi connectivity index (χ2n) is 1.58. The summed E-state index contributed by atoms with van der Waals surface area (Å²) in [6.07, 6.45) is -0.660. The van der Waals surface area contributed by atoms with Gasteiger partial charge in [0, 0.05) is 10.0 Å². The van der Waals surface area contributed by atoms with Crippen molar-refractivity contribution in [2.75, 3.05) is 0 Å². The molecule has 2 heteroatoms. The van der Waals surface area contributed by atoms with Crippen LogP contribution < -0.4 is 0 Å². The summed E-state index contributed by atoms with van der Waals surface area (Å²) in [4.78, 5) is 10.5. The molecule has 0 radical (unpaired) electrons. The first-order valence-corrected chi connectivity index (χ1v) is 3.26. The molecular formula is C7H5BrO. The molecule has 9 heavy (non-hydrogen) atoms. The van der Waals surface area contributed by atoms with E-state index in [1.54, 1.807) is 24.3 Å². The van der Waals surface area contributed by atoms with Gasteiger partial charge in [0.2, 0.25) is 0 Å². The number of aldehydes is 1. The van der Waals surface area contributed by atoms with Crippen LogP contribution in [-0.4, -0.2) is 6.26 Å². The second kappa shape index (κ2) is 2.78. The van der Waals surface area contributed by atoms with Crippen LogP contribution in [-0.2, 0) is 0 Å². The van der Waals surface area contributed by atoms with Crippen molar-refractivity contribution >= 4 is 22.2 Å². The largest absolute Gasteiger partial charge is 0.298 e. The Bertz CT molecular complexity index is 260. The highest BCUT2D eigenvalue weighted by Gasteiger charge is 1.92. The minimum Gasteiger partial charge on any atom is -0.298 e. The molecule has 1 nitrogen and oxygen atoms in total. The molecule has 1 aromatic carbocycles. The predicted molar refractivity (Wildman–Crippen MR) is 39.5 cm³/mol. The van der Waals surface area contributed by atoms with E-state index in [1.165, 1.54) is 0 Å². The minimum atomic E-state index is -0.660. The Hall–Kier alpha value is -0.630. The lowest BCUT2D eigenvalue weighted by Crippen LogP contribution is -1.78. The number of carbonyl (C=O) groups excluding carboxylic acids is 1. The number of halogens is 1. The van der Waals surface area contributed by atoms with Crippen molar-refractivity contribution in [1.82, 2.24) is 0 Å². The average molecular weight is 187 g/mol. The summed E-state index contributed by atoms with van der Waals surface area (Å²) in [5, 5.41) is 0. The summed E-state index contributed by atoms with van der Waals surface area (Å²) in [7, 11) is 0. The lowest BCUT2D eigenvalue weighted by Gasteiger charge is -1.90. The van der Waals surface area contributed by atoms with Crippen LogP contribution in [0.15, 0.2) is 28.7 Å². The van der Waals surface area contributed by atoms with Crippen LogP contribution in [0.5, 0.6) is 0 Å². The van der Waals surface area contributed by atoms with Gasteiger partial charge in [-0.25, -0.2) is 0 Å². The van der Waals surface area contributed by atoms with Gasteiger partial charge >= 0.3 is 0 Å². The smallest absolute Gasteiger partial charge is 0.151 e. The van der Waals surface area contributed by atoms with Gasteiger partial charge in [-0.15, -0.1) is 0 Å². The highest BCUT2D eigenvalue weighted by Crippen LogP contribution is 2.12. The Morgan fingerprint density at radius 2 is 2.22 bits per heavy atom. The zero-order chi connectivity index (χ0) is 7.56.